The van der Waals surface area contributed by atoms with Crippen molar-refractivity contribution in [2.45, 2.75) is 6.92 Å². The molecule has 0 aliphatic carbocycles. The number of nitrogens with two attached hydrogens (primary N) is 1. The fourth-order valence-corrected chi connectivity index (χ4v) is 3.25. The van der Waals surface area contributed by atoms with Crippen LogP contribution in [-0.2, 0) is 0 Å². The maximum atomic E-state index is 12.4. The van der Waals surface area contributed by atoms with Gasteiger partial charge in [-0.3, -0.25) is 4.79 Å². The minimum atomic E-state index is -0.200. The smallest absolute Gasteiger partial charge is 0.267 e. The summed E-state index contributed by atoms with van der Waals surface area (Å²) in [5, 5.41) is 4.29. The first kappa shape index (κ1) is 13.9. The number of fused-ring (bicyclic) bond motifs is 1. The summed E-state index contributed by atoms with van der Waals surface area (Å²) in [5.74, 6) is -0.200. The van der Waals surface area contributed by atoms with E-state index in [1.165, 1.54) is 11.3 Å². The minimum absolute atomic E-state index is 0.200. The third-order valence-corrected chi connectivity index (χ3v) is 4.62. The monoisotopic (exact) mass is 316 g/mol. The number of carbonyl (C=O) groups is 1. The Labute approximate surface area is 131 Å². The van der Waals surface area contributed by atoms with Crippen molar-refractivity contribution < 1.29 is 4.79 Å². The molecule has 1 aromatic heterocycles. The summed E-state index contributed by atoms with van der Waals surface area (Å²) >= 11 is 7.34. The van der Waals surface area contributed by atoms with Crippen molar-refractivity contribution in [1.82, 2.24) is 0 Å². The largest absolute Gasteiger partial charge is 0.397 e. The Kier molecular flexibility index (Phi) is 3.57. The molecule has 0 atom stereocenters. The number of benzene rings is 2. The van der Waals surface area contributed by atoms with Crippen LogP contribution < -0.4 is 11.1 Å². The molecule has 3 aromatic rings. The normalized spacial score (nSPS) is 10.8. The zero-order valence-electron chi connectivity index (χ0n) is 11.3. The summed E-state index contributed by atoms with van der Waals surface area (Å²) in [4.78, 5) is 12.9. The second-order valence-corrected chi connectivity index (χ2v) is 6.29. The van der Waals surface area contributed by atoms with Crippen molar-refractivity contribution in [3.8, 4) is 0 Å². The summed E-state index contributed by atoms with van der Waals surface area (Å²) in [7, 11) is 0. The second-order valence-electron chi connectivity index (χ2n) is 4.81. The van der Waals surface area contributed by atoms with Crippen molar-refractivity contribution in [2.75, 3.05) is 11.1 Å². The molecule has 3 rings (SSSR count). The lowest BCUT2D eigenvalue weighted by atomic mass is 10.2. The Bertz CT molecular complexity index is 824. The van der Waals surface area contributed by atoms with Gasteiger partial charge in [-0.25, -0.2) is 0 Å². The van der Waals surface area contributed by atoms with Gasteiger partial charge in [-0.1, -0.05) is 29.3 Å². The van der Waals surface area contributed by atoms with Gasteiger partial charge in [0.25, 0.3) is 5.91 Å². The van der Waals surface area contributed by atoms with Gasteiger partial charge in [-0.05, 0) is 37.3 Å². The molecule has 0 spiro atoms. The highest BCUT2D eigenvalue weighted by Crippen LogP contribution is 2.35. The fourth-order valence-electron chi connectivity index (χ4n) is 2.08. The van der Waals surface area contributed by atoms with E-state index in [9.17, 15) is 4.79 Å². The Morgan fingerprint density at radius 3 is 2.62 bits per heavy atom. The fraction of sp³-hybridized carbons (Fsp3) is 0.0625. The zero-order valence-corrected chi connectivity index (χ0v) is 12.9. The molecule has 0 bridgehead atoms. The minimum Gasteiger partial charge on any atom is -0.397 e. The predicted molar refractivity (Wildman–Crippen MR) is 90.4 cm³/mol. The van der Waals surface area contributed by atoms with Crippen molar-refractivity contribution >= 4 is 50.3 Å². The van der Waals surface area contributed by atoms with Gasteiger partial charge in [0, 0.05) is 20.8 Å². The number of aryl methyl sites for hydroxylation is 1. The summed E-state index contributed by atoms with van der Waals surface area (Å²) in [6.45, 7) is 2.00. The van der Waals surface area contributed by atoms with Gasteiger partial charge in [0.1, 0.15) is 4.88 Å². The lowest BCUT2D eigenvalue weighted by Gasteiger charge is -2.04. The van der Waals surface area contributed by atoms with E-state index < -0.39 is 0 Å². The van der Waals surface area contributed by atoms with E-state index in [2.05, 4.69) is 5.32 Å². The first-order chi connectivity index (χ1) is 10.0. The number of hydrogen-bond acceptors (Lipinski definition) is 3. The van der Waals surface area contributed by atoms with Crippen LogP contribution in [0.2, 0.25) is 5.02 Å². The number of halogens is 1. The number of amides is 1. The Morgan fingerprint density at radius 1 is 1.19 bits per heavy atom. The number of rotatable bonds is 2. The van der Waals surface area contributed by atoms with Gasteiger partial charge in [0.05, 0.1) is 5.69 Å². The van der Waals surface area contributed by atoms with Crippen LogP contribution in [0.5, 0.6) is 0 Å². The van der Waals surface area contributed by atoms with Gasteiger partial charge in [0.2, 0.25) is 0 Å². The molecular weight excluding hydrogens is 304 g/mol. The highest BCUT2D eigenvalue weighted by Gasteiger charge is 2.16. The zero-order chi connectivity index (χ0) is 15.0. The highest BCUT2D eigenvalue weighted by molar-refractivity contribution is 7.21. The summed E-state index contributed by atoms with van der Waals surface area (Å²) in [6.07, 6.45) is 0. The topological polar surface area (TPSA) is 55.1 Å². The molecular formula is C16H13ClN2OS. The molecule has 21 heavy (non-hydrogen) atoms. The lowest BCUT2D eigenvalue weighted by molar-refractivity contribution is 0.103. The molecule has 0 saturated carbocycles. The molecule has 3 nitrogen and oxygen atoms in total. The van der Waals surface area contributed by atoms with Gasteiger partial charge in [0.15, 0.2) is 0 Å². The average molecular weight is 317 g/mol. The molecule has 0 saturated heterocycles. The van der Waals surface area contributed by atoms with Gasteiger partial charge in [-0.15, -0.1) is 11.3 Å². The maximum Gasteiger partial charge on any atom is 0.267 e. The van der Waals surface area contributed by atoms with Crippen LogP contribution >= 0.6 is 22.9 Å². The van der Waals surface area contributed by atoms with Gasteiger partial charge >= 0.3 is 0 Å². The van der Waals surface area contributed by atoms with E-state index in [0.29, 0.717) is 15.6 Å². The number of thiophene rings is 1. The molecule has 0 aliphatic heterocycles. The molecule has 5 heteroatoms. The molecule has 1 amide bonds. The number of hydrogen-bond donors (Lipinski definition) is 2. The third kappa shape index (κ3) is 2.73. The van der Waals surface area contributed by atoms with E-state index in [4.69, 9.17) is 17.3 Å². The summed E-state index contributed by atoms with van der Waals surface area (Å²) in [5.41, 5.74) is 8.44. The van der Waals surface area contributed by atoms with Crippen LogP contribution in [0, 0.1) is 6.92 Å². The van der Waals surface area contributed by atoms with Gasteiger partial charge < -0.3 is 11.1 Å². The molecule has 0 fully saturated rings. The van der Waals surface area contributed by atoms with E-state index in [-0.39, 0.29) is 5.91 Å². The first-order valence-electron chi connectivity index (χ1n) is 6.40. The first-order valence-corrected chi connectivity index (χ1v) is 7.59. The molecule has 0 radical (unpaired) electrons. The maximum absolute atomic E-state index is 12.4. The Balaban J connectivity index is 1.94. The van der Waals surface area contributed by atoms with E-state index in [1.807, 2.05) is 37.3 Å². The van der Waals surface area contributed by atoms with Crippen LogP contribution in [0.3, 0.4) is 0 Å². The van der Waals surface area contributed by atoms with Crippen molar-refractivity contribution in [3.05, 3.63) is 57.9 Å². The standard InChI is InChI=1S/C16H13ClN2OS/c1-9-2-5-11(6-3-9)19-16(20)15-14(18)12-8-10(17)4-7-13(12)21-15/h2-8H,18H2,1H3,(H,19,20). The average Bonchev–Trinajstić information content (AvgIpc) is 2.79. The van der Waals surface area contributed by atoms with Crippen molar-refractivity contribution in [1.29, 1.82) is 0 Å². The molecule has 0 unspecified atom stereocenters. The number of nitrogens with one attached hydrogen (secondary N) is 1. The Morgan fingerprint density at radius 2 is 1.90 bits per heavy atom. The number of carbonyl (C=O) groups excluding carboxylic acids is 1. The molecule has 106 valence electrons. The second kappa shape index (κ2) is 5.39. The van der Waals surface area contributed by atoms with Gasteiger partial charge in [-0.2, -0.15) is 0 Å². The number of nitrogen functional groups attached to an aromatic ring is 1. The third-order valence-electron chi connectivity index (χ3n) is 3.20. The molecule has 0 aliphatic rings. The molecule has 1 heterocycles. The SMILES string of the molecule is Cc1ccc(NC(=O)c2sc3ccc(Cl)cc3c2N)cc1. The molecule has 2 aromatic carbocycles. The van der Waals surface area contributed by atoms with Crippen molar-refractivity contribution in [2.24, 2.45) is 0 Å². The Hall–Kier alpha value is -2.04. The van der Waals surface area contributed by atoms with Crippen LogP contribution in [0.15, 0.2) is 42.5 Å². The lowest BCUT2D eigenvalue weighted by Crippen LogP contribution is -2.11. The highest BCUT2D eigenvalue weighted by atomic mass is 35.5. The van der Waals surface area contributed by atoms with Crippen LogP contribution in [0.25, 0.3) is 10.1 Å². The molecule has 3 N–H and O–H groups in total. The van der Waals surface area contributed by atoms with Crippen LogP contribution in [-0.4, -0.2) is 5.91 Å². The predicted octanol–water partition coefficient (Wildman–Crippen LogP) is 4.70. The quantitative estimate of drug-likeness (QED) is 0.720. The number of anilines is 2. The van der Waals surface area contributed by atoms with Crippen LogP contribution in [0.1, 0.15) is 15.2 Å². The van der Waals surface area contributed by atoms with Crippen LogP contribution in [0.4, 0.5) is 11.4 Å². The van der Waals surface area contributed by atoms with E-state index >= 15 is 0 Å². The van der Waals surface area contributed by atoms with E-state index in [0.717, 1.165) is 21.3 Å². The van der Waals surface area contributed by atoms with Crippen molar-refractivity contribution in [3.63, 3.8) is 0 Å². The van der Waals surface area contributed by atoms with E-state index in [1.54, 1.807) is 12.1 Å². The summed E-state index contributed by atoms with van der Waals surface area (Å²) < 4.78 is 0.950. The summed E-state index contributed by atoms with van der Waals surface area (Å²) in [6, 6.07) is 13.1.